The molecule has 0 atom stereocenters. The number of ether oxygens (including phenoxy) is 3. The topological polar surface area (TPSA) is 150 Å². The van der Waals surface area contributed by atoms with Gasteiger partial charge >= 0.3 is 11.9 Å². The Morgan fingerprint density at radius 3 is 2.03 bits per heavy atom. The van der Waals surface area contributed by atoms with E-state index in [1.54, 1.807) is 23.6 Å². The molecule has 1 aromatic heterocycles. The number of fused-ring (bicyclic) bond motifs is 5. The highest BCUT2D eigenvalue weighted by molar-refractivity contribution is 6.24. The maximum atomic E-state index is 14.5. The molecule has 0 spiro atoms. The summed E-state index contributed by atoms with van der Waals surface area (Å²) in [6.07, 6.45) is 2.54. The first kappa shape index (κ1) is 45.4. The highest BCUT2D eigenvalue weighted by Crippen LogP contribution is 2.44. The van der Waals surface area contributed by atoms with Gasteiger partial charge in [-0.2, -0.15) is 0 Å². The average molecular weight is 852 g/mol. The quantitative estimate of drug-likeness (QED) is 0.0183. The lowest BCUT2D eigenvalue weighted by Crippen LogP contribution is -2.22. The number of carbonyl (C=O) groups is 3. The predicted molar refractivity (Wildman–Crippen MR) is 229 cm³/mol. The summed E-state index contributed by atoms with van der Waals surface area (Å²) in [5.41, 5.74) is 5.22. The molecule has 1 aliphatic heterocycles. The first-order chi connectivity index (χ1) is 29.2. The second kappa shape index (κ2) is 19.1. The van der Waals surface area contributed by atoms with Crippen LogP contribution in [0.1, 0.15) is 42.0 Å². The van der Waals surface area contributed by atoms with Crippen LogP contribution >= 0.6 is 0 Å². The highest BCUT2D eigenvalue weighted by Gasteiger charge is 2.29. The second-order valence-electron chi connectivity index (χ2n) is 13.5. The molecule has 62 heavy (non-hydrogen) atoms. The molecule has 7 aromatic rings. The average Bonchev–Trinajstić information content (AvgIpc) is 3.25. The molecule has 11 nitrogen and oxygen atoms in total. The summed E-state index contributed by atoms with van der Waals surface area (Å²) in [4.78, 5) is 50.5. The molecule has 0 radical (unpaired) electrons. The standard InChI is InChI=1S/C22H14FNO4.C14H14F3NO3.C10H9NO.CH4/c1-2-27-22(26)15-11-24-18-13-6-4-3-5-12(13)7-10-17(18)28-21-16(23)9-8-14(19(21)24)20(15)25;1-4-21-14(20)9(7-18(2)3)13(19)8-5-6-10(15)12(17)11(8)16;11-10-8-4-2-1-3-7(8)5-6-9(10)12;/h3-11H,2H2,1H3;5-7H,4H2,1-3H3;1-6,12H,11H2;1H4/b;9-7-;;. The maximum Gasteiger partial charge on any atom is 0.343 e. The molecule has 1 aliphatic rings. The van der Waals surface area contributed by atoms with Gasteiger partial charge < -0.3 is 34.5 Å². The van der Waals surface area contributed by atoms with Gasteiger partial charge in [-0.1, -0.05) is 68.1 Å². The van der Waals surface area contributed by atoms with E-state index in [1.807, 2.05) is 60.7 Å². The number of halogens is 4. The number of carbonyl (C=O) groups excluding carboxylic acids is 3. The van der Waals surface area contributed by atoms with Gasteiger partial charge in [-0.05, 0) is 61.0 Å². The normalized spacial score (nSPS) is 11.2. The smallest absolute Gasteiger partial charge is 0.343 e. The van der Waals surface area contributed by atoms with Gasteiger partial charge in [0, 0.05) is 37.3 Å². The van der Waals surface area contributed by atoms with Crippen molar-refractivity contribution < 1.29 is 51.3 Å². The fourth-order valence-corrected chi connectivity index (χ4v) is 6.47. The third-order valence-electron chi connectivity index (χ3n) is 9.24. The van der Waals surface area contributed by atoms with Gasteiger partial charge in [-0.3, -0.25) is 9.59 Å². The Bertz CT molecular complexity index is 2970. The first-order valence-corrected chi connectivity index (χ1v) is 18.6. The third-order valence-corrected chi connectivity index (χ3v) is 9.24. The molecule has 0 aliphatic carbocycles. The number of rotatable bonds is 7. The number of anilines is 1. The molecule has 320 valence electrons. The van der Waals surface area contributed by atoms with Crippen LogP contribution in [0.15, 0.2) is 120 Å². The molecule has 8 rings (SSSR count). The fourth-order valence-electron chi connectivity index (χ4n) is 6.47. The first-order valence-electron chi connectivity index (χ1n) is 18.6. The SMILES string of the molecule is C.CCOC(=O)/C(=C\N(C)C)C(=O)c1ccc(F)c(F)c1F.CCOC(=O)c1cn2c3c(c(F)ccc3c1=O)Oc1ccc3ccccc3c1-2.Nc1c(O)ccc2ccccc12. The van der Waals surface area contributed by atoms with Crippen molar-refractivity contribution in [3.8, 4) is 22.9 Å². The number of benzene rings is 6. The van der Waals surface area contributed by atoms with E-state index in [0.717, 1.165) is 33.8 Å². The lowest BCUT2D eigenvalue weighted by molar-refractivity contribution is -0.138. The van der Waals surface area contributed by atoms with E-state index in [-0.39, 0.29) is 43.1 Å². The number of phenolic OH excluding ortho intramolecular Hbond substituents is 1. The third kappa shape index (κ3) is 8.92. The molecular weight excluding hydrogens is 811 g/mol. The van der Waals surface area contributed by atoms with Gasteiger partial charge in [-0.25, -0.2) is 27.2 Å². The number of Topliss-reactive ketones (excluding diaryl/α,β-unsaturated/α-hetero) is 1. The van der Waals surface area contributed by atoms with E-state index in [4.69, 9.17) is 19.9 Å². The van der Waals surface area contributed by atoms with Crippen LogP contribution in [-0.4, -0.2) is 59.6 Å². The van der Waals surface area contributed by atoms with Crippen LogP contribution in [0, 0.1) is 23.3 Å². The number of nitrogens with two attached hydrogens (primary N) is 1. The van der Waals surface area contributed by atoms with Gasteiger partial charge in [0.05, 0.1) is 35.5 Å². The minimum Gasteiger partial charge on any atom is -0.506 e. The molecular formula is C47H41F4N3O8. The maximum absolute atomic E-state index is 14.5. The van der Waals surface area contributed by atoms with Crippen molar-refractivity contribution in [3.05, 3.63) is 160 Å². The van der Waals surface area contributed by atoms with Gasteiger partial charge in [0.2, 0.25) is 11.2 Å². The van der Waals surface area contributed by atoms with E-state index in [1.165, 1.54) is 44.2 Å². The minimum absolute atomic E-state index is 0. The molecule has 6 aromatic carbocycles. The summed E-state index contributed by atoms with van der Waals surface area (Å²) in [6, 6.07) is 26.4. The van der Waals surface area contributed by atoms with Crippen molar-refractivity contribution in [1.82, 2.24) is 9.47 Å². The van der Waals surface area contributed by atoms with E-state index < -0.39 is 57.6 Å². The van der Waals surface area contributed by atoms with Gasteiger partial charge in [-0.15, -0.1) is 0 Å². The molecule has 0 saturated carbocycles. The zero-order valence-corrected chi connectivity index (χ0v) is 33.1. The zero-order valence-electron chi connectivity index (χ0n) is 33.1. The van der Waals surface area contributed by atoms with Gasteiger partial charge in [0.25, 0.3) is 0 Å². The number of aromatic hydroxyl groups is 1. The number of ketones is 1. The number of pyridine rings is 1. The minimum atomic E-state index is -1.77. The number of hydrogen-bond donors (Lipinski definition) is 2. The summed E-state index contributed by atoms with van der Waals surface area (Å²) < 4.78 is 71.4. The number of phenols is 1. The number of nitrogens with zero attached hydrogens (tertiary/aromatic N) is 2. The summed E-state index contributed by atoms with van der Waals surface area (Å²) in [5.74, 6) is -7.63. The Labute approximate surface area is 352 Å². The Balaban J connectivity index is 0.000000188. The molecule has 3 N–H and O–H groups in total. The Morgan fingerprint density at radius 1 is 0.758 bits per heavy atom. The molecule has 2 heterocycles. The van der Waals surface area contributed by atoms with Crippen LogP contribution in [0.5, 0.6) is 17.2 Å². The monoisotopic (exact) mass is 851 g/mol. The van der Waals surface area contributed by atoms with E-state index in [2.05, 4.69) is 0 Å². The lowest BCUT2D eigenvalue weighted by Gasteiger charge is -2.25. The Kier molecular flexibility index (Phi) is 14.0. The largest absolute Gasteiger partial charge is 0.506 e. The van der Waals surface area contributed by atoms with Crippen LogP contribution < -0.4 is 15.9 Å². The molecule has 0 saturated heterocycles. The van der Waals surface area contributed by atoms with E-state index in [0.29, 0.717) is 28.7 Å². The molecule has 0 unspecified atom stereocenters. The van der Waals surface area contributed by atoms with Gasteiger partial charge in [0.1, 0.15) is 22.4 Å². The number of aromatic nitrogens is 1. The van der Waals surface area contributed by atoms with Crippen LogP contribution in [0.3, 0.4) is 0 Å². The number of esters is 2. The van der Waals surface area contributed by atoms with E-state index >= 15 is 0 Å². The molecule has 0 fully saturated rings. The van der Waals surface area contributed by atoms with Crippen LogP contribution in [0.4, 0.5) is 23.2 Å². The van der Waals surface area contributed by atoms with Crippen molar-refractivity contribution in [3.63, 3.8) is 0 Å². The Hall–Kier alpha value is -7.68. The summed E-state index contributed by atoms with van der Waals surface area (Å²) >= 11 is 0. The van der Waals surface area contributed by atoms with Crippen LogP contribution in [0.2, 0.25) is 0 Å². The molecule has 0 amide bonds. The van der Waals surface area contributed by atoms with Crippen molar-refractivity contribution >= 4 is 55.9 Å². The Morgan fingerprint density at radius 2 is 1.37 bits per heavy atom. The lowest BCUT2D eigenvalue weighted by atomic mass is 10.0. The summed E-state index contributed by atoms with van der Waals surface area (Å²) in [5, 5.41) is 13.2. The zero-order chi connectivity index (χ0) is 44.1. The molecule has 15 heteroatoms. The van der Waals surface area contributed by atoms with Crippen LogP contribution in [0.25, 0.3) is 38.1 Å². The summed E-state index contributed by atoms with van der Waals surface area (Å²) in [7, 11) is 3.07. The van der Waals surface area contributed by atoms with Crippen molar-refractivity contribution in [1.29, 1.82) is 0 Å². The fraction of sp³-hybridized carbons (Fsp3) is 0.149. The number of hydrogen-bond acceptors (Lipinski definition) is 10. The molecule has 0 bridgehead atoms. The van der Waals surface area contributed by atoms with Crippen molar-refractivity contribution in [2.75, 3.05) is 33.0 Å². The van der Waals surface area contributed by atoms with E-state index in [9.17, 15) is 41.8 Å². The number of nitrogen functional groups attached to an aromatic ring is 1. The van der Waals surface area contributed by atoms with Gasteiger partial charge in [0.15, 0.2) is 34.8 Å². The van der Waals surface area contributed by atoms with Crippen LogP contribution in [-0.2, 0) is 14.3 Å². The highest BCUT2D eigenvalue weighted by atomic mass is 19.2. The van der Waals surface area contributed by atoms with Crippen molar-refractivity contribution in [2.24, 2.45) is 0 Å². The predicted octanol–water partition coefficient (Wildman–Crippen LogP) is 9.62. The summed E-state index contributed by atoms with van der Waals surface area (Å²) in [6.45, 7) is 3.36. The second-order valence-corrected chi connectivity index (χ2v) is 13.5. The van der Waals surface area contributed by atoms with Crippen molar-refractivity contribution in [2.45, 2.75) is 21.3 Å².